The molecule has 0 atom stereocenters. The molecule has 1 aromatic carbocycles. The largest absolute Gasteiger partial charge is 0.398 e. The van der Waals surface area contributed by atoms with Gasteiger partial charge < -0.3 is 11.1 Å². The van der Waals surface area contributed by atoms with E-state index >= 15 is 0 Å². The second kappa shape index (κ2) is 4.71. The van der Waals surface area contributed by atoms with Crippen LogP contribution in [0.3, 0.4) is 0 Å². The molecule has 0 saturated carbocycles. The summed E-state index contributed by atoms with van der Waals surface area (Å²) in [4.78, 5) is 0.866. The quantitative estimate of drug-likeness (QED) is 0.879. The Kier molecular flexibility index (Phi) is 3.28. The first-order valence-electron chi connectivity index (χ1n) is 5.10. The summed E-state index contributed by atoms with van der Waals surface area (Å²) in [7, 11) is 0. The lowest BCUT2D eigenvalue weighted by molar-refractivity contribution is 0.582. The van der Waals surface area contributed by atoms with Crippen molar-refractivity contribution in [3.05, 3.63) is 45.7 Å². The summed E-state index contributed by atoms with van der Waals surface area (Å²) in [5.74, 6) is -1.15. The van der Waals surface area contributed by atoms with Crippen LogP contribution in [0.2, 0.25) is 0 Å². The van der Waals surface area contributed by atoms with E-state index in [0.717, 1.165) is 4.88 Å². The van der Waals surface area contributed by atoms with Crippen LogP contribution in [0.4, 0.5) is 20.2 Å². The van der Waals surface area contributed by atoms with Crippen LogP contribution in [-0.2, 0) is 6.54 Å². The van der Waals surface area contributed by atoms with Gasteiger partial charge in [-0.3, -0.25) is 0 Å². The maximum Gasteiger partial charge on any atom is 0.152 e. The van der Waals surface area contributed by atoms with Crippen molar-refractivity contribution in [1.82, 2.24) is 0 Å². The second-order valence-corrected chi connectivity index (χ2v) is 4.71. The maximum absolute atomic E-state index is 13.7. The summed E-state index contributed by atoms with van der Waals surface area (Å²) < 4.78 is 27.1. The Morgan fingerprint density at radius 2 is 2.06 bits per heavy atom. The Morgan fingerprint density at radius 1 is 1.29 bits per heavy atom. The number of halogens is 2. The number of rotatable bonds is 3. The number of thiophene rings is 1. The molecule has 2 aromatic rings. The standard InChI is InChI=1S/C12H12F2N2S/c1-7-2-3-8(13)12(11(7)14)16-6-10-9(15)4-5-17-10/h2-5,16H,6,15H2,1H3. The molecule has 0 amide bonds. The number of hydrogen-bond acceptors (Lipinski definition) is 3. The van der Waals surface area contributed by atoms with Gasteiger partial charge in [0.2, 0.25) is 0 Å². The average molecular weight is 254 g/mol. The molecule has 90 valence electrons. The van der Waals surface area contributed by atoms with Crippen LogP contribution in [0, 0.1) is 18.6 Å². The van der Waals surface area contributed by atoms with E-state index in [9.17, 15) is 8.78 Å². The molecule has 5 heteroatoms. The van der Waals surface area contributed by atoms with Crippen molar-refractivity contribution in [2.24, 2.45) is 0 Å². The molecule has 0 saturated heterocycles. The highest BCUT2D eigenvalue weighted by atomic mass is 32.1. The van der Waals surface area contributed by atoms with Gasteiger partial charge in [-0.15, -0.1) is 11.3 Å². The number of nitrogens with two attached hydrogens (primary N) is 1. The molecule has 0 fully saturated rings. The lowest BCUT2D eigenvalue weighted by Crippen LogP contribution is -2.05. The summed E-state index contributed by atoms with van der Waals surface area (Å²) in [5, 5.41) is 4.59. The monoisotopic (exact) mass is 254 g/mol. The van der Waals surface area contributed by atoms with Crippen LogP contribution in [0.5, 0.6) is 0 Å². The van der Waals surface area contributed by atoms with Crippen molar-refractivity contribution < 1.29 is 8.78 Å². The fourth-order valence-electron chi connectivity index (χ4n) is 1.48. The molecule has 0 aliphatic rings. The summed E-state index contributed by atoms with van der Waals surface area (Å²) >= 11 is 1.45. The Labute approximate surface area is 102 Å². The highest BCUT2D eigenvalue weighted by Crippen LogP contribution is 2.25. The lowest BCUT2D eigenvalue weighted by atomic mass is 10.2. The smallest absolute Gasteiger partial charge is 0.152 e. The zero-order valence-electron chi connectivity index (χ0n) is 9.26. The molecule has 3 N–H and O–H groups in total. The van der Waals surface area contributed by atoms with Crippen molar-refractivity contribution in [1.29, 1.82) is 0 Å². The number of aryl methyl sites for hydroxylation is 1. The van der Waals surface area contributed by atoms with E-state index in [1.807, 2.05) is 5.38 Å². The molecule has 17 heavy (non-hydrogen) atoms. The van der Waals surface area contributed by atoms with E-state index in [0.29, 0.717) is 17.8 Å². The fourth-order valence-corrected chi connectivity index (χ4v) is 2.22. The fraction of sp³-hybridized carbons (Fsp3) is 0.167. The molecule has 0 aliphatic carbocycles. The molecule has 2 rings (SSSR count). The van der Waals surface area contributed by atoms with Crippen molar-refractivity contribution in [3.63, 3.8) is 0 Å². The normalized spacial score (nSPS) is 10.5. The van der Waals surface area contributed by atoms with Gasteiger partial charge in [-0.05, 0) is 30.0 Å². The zero-order valence-corrected chi connectivity index (χ0v) is 10.1. The van der Waals surface area contributed by atoms with Gasteiger partial charge in [0.1, 0.15) is 11.5 Å². The Bertz CT molecular complexity index is 537. The van der Waals surface area contributed by atoms with Gasteiger partial charge >= 0.3 is 0 Å². The van der Waals surface area contributed by atoms with Gasteiger partial charge in [0, 0.05) is 10.6 Å². The van der Waals surface area contributed by atoms with Crippen molar-refractivity contribution in [2.75, 3.05) is 11.1 Å². The first-order valence-corrected chi connectivity index (χ1v) is 5.98. The summed E-state index contributed by atoms with van der Waals surface area (Å²) in [6.07, 6.45) is 0. The van der Waals surface area contributed by atoms with Gasteiger partial charge in [0.05, 0.1) is 6.54 Å². The number of benzene rings is 1. The summed E-state index contributed by atoms with van der Waals surface area (Å²) in [5.41, 5.74) is 6.64. The minimum Gasteiger partial charge on any atom is -0.398 e. The first-order chi connectivity index (χ1) is 8.09. The highest BCUT2D eigenvalue weighted by Gasteiger charge is 2.11. The van der Waals surface area contributed by atoms with Crippen LogP contribution in [-0.4, -0.2) is 0 Å². The number of hydrogen-bond donors (Lipinski definition) is 2. The molecular formula is C12H12F2N2S. The molecule has 0 unspecified atom stereocenters. The summed E-state index contributed by atoms with van der Waals surface area (Å²) in [6, 6.07) is 4.43. The SMILES string of the molecule is Cc1ccc(F)c(NCc2sccc2N)c1F. The van der Waals surface area contributed by atoms with Crippen molar-refractivity contribution in [2.45, 2.75) is 13.5 Å². The lowest BCUT2D eigenvalue weighted by Gasteiger charge is -2.09. The van der Waals surface area contributed by atoms with Crippen LogP contribution in [0.1, 0.15) is 10.4 Å². The zero-order chi connectivity index (χ0) is 12.4. The molecule has 0 aliphatic heterocycles. The average Bonchev–Trinajstić information content (AvgIpc) is 2.70. The molecule has 1 aromatic heterocycles. The number of anilines is 2. The first kappa shape index (κ1) is 11.9. The van der Waals surface area contributed by atoms with E-state index < -0.39 is 11.6 Å². The molecule has 0 radical (unpaired) electrons. The Hall–Kier alpha value is -1.62. The van der Waals surface area contributed by atoms with E-state index in [4.69, 9.17) is 5.73 Å². The topological polar surface area (TPSA) is 38.0 Å². The third-order valence-corrected chi connectivity index (χ3v) is 3.43. The van der Waals surface area contributed by atoms with Crippen LogP contribution in [0.25, 0.3) is 0 Å². The van der Waals surface area contributed by atoms with Crippen molar-refractivity contribution >= 4 is 22.7 Å². The predicted molar refractivity (Wildman–Crippen MR) is 67.2 cm³/mol. The minimum absolute atomic E-state index is 0.0993. The minimum atomic E-state index is -0.594. The molecular weight excluding hydrogens is 242 g/mol. The Morgan fingerprint density at radius 3 is 2.71 bits per heavy atom. The van der Waals surface area contributed by atoms with E-state index in [1.165, 1.54) is 23.5 Å². The highest BCUT2D eigenvalue weighted by molar-refractivity contribution is 7.10. The molecule has 0 spiro atoms. The van der Waals surface area contributed by atoms with Crippen molar-refractivity contribution in [3.8, 4) is 0 Å². The van der Waals surface area contributed by atoms with Gasteiger partial charge in [0.15, 0.2) is 5.82 Å². The van der Waals surface area contributed by atoms with E-state index in [1.54, 1.807) is 13.0 Å². The second-order valence-electron chi connectivity index (χ2n) is 3.71. The van der Waals surface area contributed by atoms with Crippen LogP contribution >= 0.6 is 11.3 Å². The number of nitrogen functional groups attached to an aromatic ring is 1. The molecule has 0 bridgehead atoms. The third-order valence-electron chi connectivity index (χ3n) is 2.49. The van der Waals surface area contributed by atoms with Crippen LogP contribution in [0.15, 0.2) is 23.6 Å². The van der Waals surface area contributed by atoms with Crippen LogP contribution < -0.4 is 11.1 Å². The van der Waals surface area contributed by atoms with Gasteiger partial charge in [-0.25, -0.2) is 8.78 Å². The summed E-state index contributed by atoms with van der Waals surface area (Å²) in [6.45, 7) is 1.92. The van der Waals surface area contributed by atoms with E-state index in [-0.39, 0.29) is 5.69 Å². The third kappa shape index (κ3) is 2.39. The van der Waals surface area contributed by atoms with Gasteiger partial charge in [-0.2, -0.15) is 0 Å². The van der Waals surface area contributed by atoms with E-state index in [2.05, 4.69) is 5.32 Å². The maximum atomic E-state index is 13.7. The van der Waals surface area contributed by atoms with Gasteiger partial charge in [-0.1, -0.05) is 6.07 Å². The van der Waals surface area contributed by atoms with Gasteiger partial charge in [0.25, 0.3) is 0 Å². The molecule has 1 heterocycles. The molecule has 2 nitrogen and oxygen atoms in total. The number of nitrogens with one attached hydrogen (secondary N) is 1. The Balaban J connectivity index is 2.20. The predicted octanol–water partition coefficient (Wildman–Crippen LogP) is 3.53.